The van der Waals surface area contributed by atoms with Crippen molar-refractivity contribution in [2.24, 2.45) is 0 Å². The molecule has 0 fully saturated rings. The summed E-state index contributed by atoms with van der Waals surface area (Å²) in [7, 11) is 0. The first kappa shape index (κ1) is 18.7. The van der Waals surface area contributed by atoms with Gasteiger partial charge in [0.05, 0.1) is 10.5 Å². The summed E-state index contributed by atoms with van der Waals surface area (Å²) in [4.78, 5) is 12.4. The zero-order valence-electron chi connectivity index (χ0n) is 14.1. The van der Waals surface area contributed by atoms with E-state index in [-0.39, 0.29) is 10.9 Å². The lowest BCUT2D eigenvalue weighted by Crippen LogP contribution is -2.36. The first-order valence-electron chi connectivity index (χ1n) is 7.83. The van der Waals surface area contributed by atoms with E-state index in [4.69, 9.17) is 4.52 Å². The van der Waals surface area contributed by atoms with Gasteiger partial charge in [0.25, 0.3) is 5.03 Å². The van der Waals surface area contributed by atoms with Gasteiger partial charge in [-0.1, -0.05) is 17.7 Å². The minimum atomic E-state index is -0.565. The van der Waals surface area contributed by atoms with Crippen LogP contribution >= 0.6 is 34.4 Å². The third-order valence-electron chi connectivity index (χ3n) is 3.62. The van der Waals surface area contributed by atoms with Crippen molar-refractivity contribution in [1.82, 2.24) is 5.27 Å². The van der Waals surface area contributed by atoms with E-state index in [1.807, 2.05) is 55.5 Å². The Bertz CT molecular complexity index is 910. The standard InChI is InChI=1S/C18H16IN3O3S/c1-11-3-9-15(10-4-11)22-17(18(24)25-21-22)26-12(2)16(23)20-14-7-5-13(19)6-8-14/h3-10,12H,1-2H3,(H-,20,21,23,24). The van der Waals surface area contributed by atoms with Gasteiger partial charge >= 0.3 is 0 Å². The number of carbonyl (C=O) groups is 1. The summed E-state index contributed by atoms with van der Waals surface area (Å²) in [5.41, 5.74) is 2.51. The first-order valence-corrected chi connectivity index (χ1v) is 9.79. The van der Waals surface area contributed by atoms with Crippen molar-refractivity contribution < 1.29 is 19.1 Å². The Hall–Kier alpha value is -2.07. The second-order valence-corrected chi connectivity index (χ2v) is 8.24. The summed E-state index contributed by atoms with van der Waals surface area (Å²) < 4.78 is 7.30. The highest BCUT2D eigenvalue weighted by atomic mass is 127. The number of nitrogens with zero attached hydrogens (tertiary/aromatic N) is 2. The van der Waals surface area contributed by atoms with E-state index in [1.165, 1.54) is 4.68 Å². The molecule has 134 valence electrons. The lowest BCUT2D eigenvalue weighted by atomic mass is 10.2. The predicted molar refractivity (Wildman–Crippen MR) is 105 cm³/mol. The summed E-state index contributed by atoms with van der Waals surface area (Å²) in [5, 5.41) is 18.4. The van der Waals surface area contributed by atoms with E-state index in [0.29, 0.717) is 11.4 Å². The molecule has 2 aromatic carbocycles. The number of anilines is 1. The molecule has 8 heteroatoms. The number of aromatic nitrogens is 2. The van der Waals surface area contributed by atoms with Gasteiger partial charge in [0.15, 0.2) is 5.95 Å². The Morgan fingerprint density at radius 2 is 1.88 bits per heavy atom. The lowest BCUT2D eigenvalue weighted by Gasteiger charge is -2.10. The van der Waals surface area contributed by atoms with Gasteiger partial charge in [-0.15, -0.1) is 0 Å². The van der Waals surface area contributed by atoms with Gasteiger partial charge in [-0.25, -0.2) is 0 Å². The molecule has 1 aromatic heterocycles. The highest BCUT2D eigenvalue weighted by molar-refractivity contribution is 14.1. The molecule has 26 heavy (non-hydrogen) atoms. The largest absolute Gasteiger partial charge is 0.538 e. The molecule has 6 nitrogen and oxygen atoms in total. The number of rotatable bonds is 5. The highest BCUT2D eigenvalue weighted by Gasteiger charge is 2.26. The number of hydrogen-bond acceptors (Lipinski definition) is 5. The molecule has 3 aromatic rings. The van der Waals surface area contributed by atoms with Crippen LogP contribution in [0.4, 0.5) is 5.69 Å². The Labute approximate surface area is 168 Å². The van der Waals surface area contributed by atoms with Crippen molar-refractivity contribution in [2.45, 2.75) is 24.1 Å². The fraction of sp³-hybridized carbons (Fsp3) is 0.167. The first-order chi connectivity index (χ1) is 12.4. The van der Waals surface area contributed by atoms with Crippen molar-refractivity contribution in [1.29, 1.82) is 0 Å². The number of carbonyl (C=O) groups excluding carboxylic acids is 1. The van der Waals surface area contributed by atoms with E-state index in [2.05, 4.69) is 33.2 Å². The van der Waals surface area contributed by atoms with Crippen molar-refractivity contribution in [3.63, 3.8) is 0 Å². The number of hydrogen-bond donors (Lipinski definition) is 1. The van der Waals surface area contributed by atoms with Crippen LogP contribution in [-0.2, 0) is 4.79 Å². The molecule has 1 atom stereocenters. The Morgan fingerprint density at radius 1 is 1.23 bits per heavy atom. The quantitative estimate of drug-likeness (QED) is 0.344. The van der Waals surface area contributed by atoms with Crippen LogP contribution in [0.25, 0.3) is 5.69 Å². The van der Waals surface area contributed by atoms with Gasteiger partial charge in [-0.2, -0.15) is 0 Å². The molecule has 0 saturated heterocycles. The molecular formula is C18H16IN3O3S. The summed E-state index contributed by atoms with van der Waals surface area (Å²) in [5.74, 6) is -0.767. The smallest absolute Gasteiger partial charge is 0.298 e. The van der Waals surface area contributed by atoms with E-state index in [0.717, 1.165) is 20.9 Å². The van der Waals surface area contributed by atoms with Gasteiger partial charge < -0.3 is 14.9 Å². The van der Waals surface area contributed by atoms with Crippen LogP contribution in [0.1, 0.15) is 12.5 Å². The Balaban J connectivity index is 1.75. The van der Waals surface area contributed by atoms with Gasteiger partial charge in [0.1, 0.15) is 0 Å². The summed E-state index contributed by atoms with van der Waals surface area (Å²) >= 11 is 3.31. The van der Waals surface area contributed by atoms with E-state index in [9.17, 15) is 9.90 Å². The van der Waals surface area contributed by atoms with Crippen LogP contribution in [0.15, 0.2) is 58.1 Å². The van der Waals surface area contributed by atoms with Gasteiger partial charge in [-0.3, -0.25) is 4.79 Å². The van der Waals surface area contributed by atoms with Crippen LogP contribution < -0.4 is 15.1 Å². The van der Waals surface area contributed by atoms with Crippen molar-refractivity contribution in [3.8, 4) is 11.6 Å². The molecule has 1 heterocycles. The second kappa shape index (κ2) is 8.09. The van der Waals surface area contributed by atoms with E-state index >= 15 is 0 Å². The van der Waals surface area contributed by atoms with Crippen LogP contribution in [0.3, 0.4) is 0 Å². The highest BCUT2D eigenvalue weighted by Crippen LogP contribution is 2.28. The maximum absolute atomic E-state index is 12.4. The molecule has 1 amide bonds. The van der Waals surface area contributed by atoms with Crippen molar-refractivity contribution in [3.05, 3.63) is 57.7 Å². The van der Waals surface area contributed by atoms with Gasteiger partial charge in [0, 0.05) is 21.4 Å². The molecular weight excluding hydrogens is 465 g/mol. The minimum absolute atomic E-state index is 0.202. The number of thioether (sulfide) groups is 1. The van der Waals surface area contributed by atoms with Crippen LogP contribution in [0.2, 0.25) is 0 Å². The number of nitrogens with one attached hydrogen (secondary N) is 1. The zero-order valence-corrected chi connectivity index (χ0v) is 17.1. The number of amides is 1. The normalized spacial score (nSPS) is 12.0. The molecule has 0 radical (unpaired) electrons. The summed E-state index contributed by atoms with van der Waals surface area (Å²) in [6, 6.07) is 15.0. The zero-order chi connectivity index (χ0) is 18.7. The van der Waals surface area contributed by atoms with Gasteiger partial charge in [-0.05, 0) is 77.1 Å². The topological polar surface area (TPSA) is 82.1 Å². The van der Waals surface area contributed by atoms with Gasteiger partial charge in [0.2, 0.25) is 11.6 Å². The third-order valence-corrected chi connectivity index (χ3v) is 5.47. The third kappa shape index (κ3) is 4.36. The van der Waals surface area contributed by atoms with Crippen LogP contribution in [0, 0.1) is 10.5 Å². The lowest BCUT2D eigenvalue weighted by molar-refractivity contribution is -0.705. The molecule has 0 saturated carbocycles. The molecule has 3 rings (SSSR count). The minimum Gasteiger partial charge on any atom is -0.538 e. The fourth-order valence-corrected chi connectivity index (χ4v) is 3.42. The molecule has 0 aliphatic rings. The van der Waals surface area contributed by atoms with E-state index < -0.39 is 11.2 Å². The molecule has 1 N–H and O–H groups in total. The van der Waals surface area contributed by atoms with Crippen LogP contribution in [0.5, 0.6) is 5.95 Å². The summed E-state index contributed by atoms with van der Waals surface area (Å²) in [6.07, 6.45) is 0. The predicted octanol–water partition coefficient (Wildman–Crippen LogP) is 3.06. The maximum Gasteiger partial charge on any atom is 0.298 e. The molecule has 0 aliphatic carbocycles. The van der Waals surface area contributed by atoms with Crippen molar-refractivity contribution in [2.75, 3.05) is 5.32 Å². The molecule has 0 bridgehead atoms. The molecule has 0 aliphatic heterocycles. The number of halogens is 1. The molecule has 1 unspecified atom stereocenters. The average molecular weight is 481 g/mol. The SMILES string of the molecule is Cc1ccc(-[n+]2noc([O-])c2SC(C)C(=O)Nc2ccc(I)cc2)cc1. The summed E-state index contributed by atoms with van der Waals surface area (Å²) in [6.45, 7) is 3.71. The number of aryl methyl sites for hydroxylation is 1. The van der Waals surface area contributed by atoms with E-state index in [1.54, 1.807) is 6.92 Å². The number of benzene rings is 2. The second-order valence-electron chi connectivity index (χ2n) is 5.67. The Morgan fingerprint density at radius 3 is 2.54 bits per heavy atom. The fourth-order valence-electron chi connectivity index (χ4n) is 2.19. The van der Waals surface area contributed by atoms with Crippen molar-refractivity contribution >= 4 is 45.9 Å². The maximum atomic E-state index is 12.4. The monoisotopic (exact) mass is 481 g/mol. The Kier molecular flexibility index (Phi) is 5.82. The van der Waals surface area contributed by atoms with Crippen LogP contribution in [-0.4, -0.2) is 16.4 Å². The average Bonchev–Trinajstić information content (AvgIpc) is 2.98. The molecule has 0 spiro atoms.